The van der Waals surface area contributed by atoms with Gasteiger partial charge in [-0.05, 0) is 51.7 Å². The molecule has 2 atom stereocenters. The van der Waals surface area contributed by atoms with Crippen LogP contribution in [-0.4, -0.2) is 37.1 Å². The van der Waals surface area contributed by atoms with Gasteiger partial charge in [0.1, 0.15) is 0 Å². The van der Waals surface area contributed by atoms with Gasteiger partial charge in [-0.1, -0.05) is 13.8 Å². The average Bonchev–Trinajstić information content (AvgIpc) is 2.15. The van der Waals surface area contributed by atoms with E-state index in [2.05, 4.69) is 31.0 Å². The summed E-state index contributed by atoms with van der Waals surface area (Å²) in [6, 6.07) is 0.678. The molecule has 0 aromatic carbocycles. The Balaban J connectivity index is 2.10. The van der Waals surface area contributed by atoms with Crippen molar-refractivity contribution in [1.29, 1.82) is 0 Å². The first-order valence-corrected chi connectivity index (χ1v) is 6.18. The van der Waals surface area contributed by atoms with E-state index >= 15 is 0 Å². The summed E-state index contributed by atoms with van der Waals surface area (Å²) in [4.78, 5) is 2.63. The molecule has 0 saturated carbocycles. The second-order valence-corrected chi connectivity index (χ2v) is 4.80. The molecule has 84 valence electrons. The van der Waals surface area contributed by atoms with Crippen LogP contribution in [-0.2, 0) is 0 Å². The molecule has 0 bridgehead atoms. The maximum Gasteiger partial charge on any atom is 0.00507 e. The van der Waals surface area contributed by atoms with Crippen LogP contribution < -0.4 is 5.32 Å². The van der Waals surface area contributed by atoms with E-state index in [-0.39, 0.29) is 0 Å². The Morgan fingerprint density at radius 2 is 2.29 bits per heavy atom. The summed E-state index contributed by atoms with van der Waals surface area (Å²) in [5.74, 6) is 0.915. The number of piperidine rings is 1. The van der Waals surface area contributed by atoms with Crippen LogP contribution in [0.5, 0.6) is 0 Å². The van der Waals surface area contributed by atoms with Gasteiger partial charge in [-0.25, -0.2) is 0 Å². The van der Waals surface area contributed by atoms with E-state index in [1.807, 2.05) is 0 Å². The highest BCUT2D eigenvalue weighted by Gasteiger charge is 2.16. The van der Waals surface area contributed by atoms with Crippen molar-refractivity contribution in [3.8, 4) is 0 Å². The van der Waals surface area contributed by atoms with Gasteiger partial charge in [-0.3, -0.25) is 0 Å². The summed E-state index contributed by atoms with van der Waals surface area (Å²) in [5.41, 5.74) is 0. The molecular formula is C12H26N2. The summed E-state index contributed by atoms with van der Waals surface area (Å²) < 4.78 is 0. The van der Waals surface area contributed by atoms with Crippen LogP contribution in [0.25, 0.3) is 0 Å². The summed E-state index contributed by atoms with van der Waals surface area (Å²) in [5, 5.41) is 3.47. The second-order valence-electron chi connectivity index (χ2n) is 4.80. The predicted molar refractivity (Wildman–Crippen MR) is 62.6 cm³/mol. The smallest absolute Gasteiger partial charge is 0.00507 e. The van der Waals surface area contributed by atoms with Crippen molar-refractivity contribution < 1.29 is 0 Å². The van der Waals surface area contributed by atoms with Gasteiger partial charge in [0.2, 0.25) is 0 Å². The highest BCUT2D eigenvalue weighted by molar-refractivity contribution is 4.71. The third-order valence-corrected chi connectivity index (χ3v) is 3.17. The molecule has 0 radical (unpaired) electrons. The summed E-state index contributed by atoms with van der Waals surface area (Å²) in [6.45, 7) is 11.9. The standard InChI is InChI=1S/C12H26N2/c1-4-13-12(3)7-9-14-8-5-6-11(2)10-14/h11-13H,4-10H2,1-3H3. The van der Waals surface area contributed by atoms with Crippen LogP contribution in [0.3, 0.4) is 0 Å². The molecule has 1 saturated heterocycles. The zero-order chi connectivity index (χ0) is 10.4. The molecule has 0 aromatic rings. The zero-order valence-corrected chi connectivity index (χ0v) is 10.1. The molecule has 1 aliphatic heterocycles. The van der Waals surface area contributed by atoms with Crippen LogP contribution in [0, 0.1) is 5.92 Å². The fourth-order valence-corrected chi connectivity index (χ4v) is 2.32. The van der Waals surface area contributed by atoms with Crippen LogP contribution in [0.2, 0.25) is 0 Å². The van der Waals surface area contributed by atoms with Gasteiger partial charge in [0.25, 0.3) is 0 Å². The van der Waals surface area contributed by atoms with Gasteiger partial charge in [-0.15, -0.1) is 0 Å². The van der Waals surface area contributed by atoms with Crippen molar-refractivity contribution in [3.63, 3.8) is 0 Å². The van der Waals surface area contributed by atoms with Crippen molar-refractivity contribution >= 4 is 0 Å². The Labute approximate surface area is 89.1 Å². The summed E-state index contributed by atoms with van der Waals surface area (Å²) >= 11 is 0. The Morgan fingerprint density at radius 3 is 2.93 bits per heavy atom. The van der Waals surface area contributed by atoms with E-state index in [0.29, 0.717) is 6.04 Å². The van der Waals surface area contributed by atoms with Crippen LogP contribution in [0.15, 0.2) is 0 Å². The molecule has 1 aliphatic rings. The molecular weight excluding hydrogens is 172 g/mol. The SMILES string of the molecule is CCNC(C)CCN1CCCC(C)C1. The molecule has 0 aromatic heterocycles. The largest absolute Gasteiger partial charge is 0.314 e. The van der Waals surface area contributed by atoms with Gasteiger partial charge < -0.3 is 10.2 Å². The van der Waals surface area contributed by atoms with E-state index in [0.717, 1.165) is 12.5 Å². The number of rotatable bonds is 5. The normalized spacial score (nSPS) is 26.4. The Morgan fingerprint density at radius 1 is 1.50 bits per heavy atom. The van der Waals surface area contributed by atoms with Crippen molar-refractivity contribution in [2.24, 2.45) is 5.92 Å². The highest BCUT2D eigenvalue weighted by Crippen LogP contribution is 2.15. The Hall–Kier alpha value is -0.0800. The monoisotopic (exact) mass is 198 g/mol. The zero-order valence-electron chi connectivity index (χ0n) is 10.1. The first-order chi connectivity index (χ1) is 6.72. The lowest BCUT2D eigenvalue weighted by Crippen LogP contribution is -2.38. The lowest BCUT2D eigenvalue weighted by molar-refractivity contribution is 0.177. The number of nitrogens with zero attached hydrogens (tertiary/aromatic N) is 1. The van der Waals surface area contributed by atoms with Crippen LogP contribution in [0.1, 0.15) is 40.0 Å². The first-order valence-electron chi connectivity index (χ1n) is 6.18. The van der Waals surface area contributed by atoms with Gasteiger partial charge in [0, 0.05) is 12.6 Å². The molecule has 0 amide bonds. The minimum absolute atomic E-state index is 0.678. The van der Waals surface area contributed by atoms with Crippen molar-refractivity contribution in [3.05, 3.63) is 0 Å². The van der Waals surface area contributed by atoms with Gasteiger partial charge in [0.15, 0.2) is 0 Å². The van der Waals surface area contributed by atoms with Crippen molar-refractivity contribution in [1.82, 2.24) is 10.2 Å². The Kier molecular flexibility index (Phi) is 5.49. The number of nitrogens with one attached hydrogen (secondary N) is 1. The quantitative estimate of drug-likeness (QED) is 0.728. The van der Waals surface area contributed by atoms with Crippen LogP contribution in [0.4, 0.5) is 0 Å². The maximum atomic E-state index is 3.47. The first kappa shape index (κ1) is 12.0. The average molecular weight is 198 g/mol. The van der Waals surface area contributed by atoms with E-state index in [4.69, 9.17) is 0 Å². The number of hydrogen-bond donors (Lipinski definition) is 1. The Bertz CT molecular complexity index is 147. The number of hydrogen-bond acceptors (Lipinski definition) is 2. The lowest BCUT2D eigenvalue weighted by Gasteiger charge is -2.31. The molecule has 2 nitrogen and oxygen atoms in total. The maximum absolute atomic E-state index is 3.47. The highest BCUT2D eigenvalue weighted by atomic mass is 15.1. The van der Waals surface area contributed by atoms with E-state index in [1.54, 1.807) is 0 Å². The minimum atomic E-state index is 0.678. The van der Waals surface area contributed by atoms with Crippen LogP contribution >= 0.6 is 0 Å². The lowest BCUT2D eigenvalue weighted by atomic mass is 10.00. The second kappa shape index (κ2) is 6.41. The predicted octanol–water partition coefficient (Wildman–Crippen LogP) is 2.11. The molecule has 14 heavy (non-hydrogen) atoms. The molecule has 0 aliphatic carbocycles. The van der Waals surface area contributed by atoms with Gasteiger partial charge >= 0.3 is 0 Å². The van der Waals surface area contributed by atoms with Crippen molar-refractivity contribution in [2.75, 3.05) is 26.2 Å². The molecule has 0 spiro atoms. The molecule has 2 unspecified atom stereocenters. The molecule has 1 heterocycles. The topological polar surface area (TPSA) is 15.3 Å². The van der Waals surface area contributed by atoms with Gasteiger partial charge in [0.05, 0.1) is 0 Å². The molecule has 1 N–H and O–H groups in total. The minimum Gasteiger partial charge on any atom is -0.314 e. The van der Waals surface area contributed by atoms with E-state index < -0.39 is 0 Å². The van der Waals surface area contributed by atoms with E-state index in [1.165, 1.54) is 38.9 Å². The summed E-state index contributed by atoms with van der Waals surface area (Å²) in [7, 11) is 0. The molecule has 1 rings (SSSR count). The molecule has 2 heteroatoms. The fourth-order valence-electron chi connectivity index (χ4n) is 2.32. The van der Waals surface area contributed by atoms with E-state index in [9.17, 15) is 0 Å². The molecule has 1 fully saturated rings. The van der Waals surface area contributed by atoms with Crippen molar-refractivity contribution in [2.45, 2.75) is 46.1 Å². The fraction of sp³-hybridized carbons (Fsp3) is 1.00. The van der Waals surface area contributed by atoms with Gasteiger partial charge in [-0.2, -0.15) is 0 Å². The third kappa shape index (κ3) is 4.43. The number of likely N-dealkylation sites (tertiary alicyclic amines) is 1. The summed E-state index contributed by atoms with van der Waals surface area (Å²) in [6.07, 6.45) is 4.12. The third-order valence-electron chi connectivity index (χ3n) is 3.17.